The quantitative estimate of drug-likeness (QED) is 0.120. The maximum absolute atomic E-state index is 11.0. The third-order valence-corrected chi connectivity index (χ3v) is 6.12. The van der Waals surface area contributed by atoms with Crippen molar-refractivity contribution in [1.29, 1.82) is 0 Å². The minimum absolute atomic E-state index is 0.383. The van der Waals surface area contributed by atoms with Gasteiger partial charge in [0.15, 0.2) is 0 Å². The third-order valence-electron chi connectivity index (χ3n) is 6.12. The molecule has 0 atom stereocenters. The van der Waals surface area contributed by atoms with Crippen LogP contribution in [0.4, 0.5) is 17.1 Å². The zero-order valence-electron chi connectivity index (χ0n) is 21.5. The zero-order chi connectivity index (χ0) is 26.0. The number of nitrogens with zero attached hydrogens (tertiary/aromatic N) is 1. The summed E-state index contributed by atoms with van der Waals surface area (Å²) in [7, 11) is 0. The molecule has 4 aromatic carbocycles. The van der Waals surface area contributed by atoms with Crippen LogP contribution in [-0.2, 0) is 9.53 Å². The molecular weight excluding hydrogens is 458 g/mol. The van der Waals surface area contributed by atoms with E-state index < -0.39 is 0 Å². The molecule has 0 saturated carbocycles. The summed E-state index contributed by atoms with van der Waals surface area (Å²) in [6.45, 7) is 8.56. The number of aryl methyl sites for hydroxylation is 2. The van der Waals surface area contributed by atoms with Gasteiger partial charge in [0.25, 0.3) is 0 Å². The van der Waals surface area contributed by atoms with Crippen LogP contribution in [0.2, 0.25) is 0 Å². The van der Waals surface area contributed by atoms with E-state index in [1.54, 1.807) is 0 Å². The Morgan fingerprint density at radius 3 is 1.59 bits per heavy atom. The summed E-state index contributed by atoms with van der Waals surface area (Å²) in [6.07, 6.45) is 2.74. The van der Waals surface area contributed by atoms with Gasteiger partial charge in [-0.15, -0.1) is 0 Å². The second kappa shape index (κ2) is 12.6. The molecule has 0 heterocycles. The standard InChI is InChI=1S/C33H33NO3/c1-4-33(35)37-24-6-5-23-36-32-21-13-28(14-22-32)27-11-19-31(20-12-27)34(29-15-7-25(2)8-16-29)30-17-9-26(3)10-18-30/h4,7-22H,1,5-6,23-24H2,2-3H3. The van der Waals surface area contributed by atoms with Gasteiger partial charge >= 0.3 is 5.97 Å². The normalized spacial score (nSPS) is 10.5. The molecule has 0 spiro atoms. The Labute approximate surface area is 219 Å². The molecule has 0 radical (unpaired) electrons. The maximum atomic E-state index is 11.0. The Morgan fingerprint density at radius 2 is 1.11 bits per heavy atom. The molecule has 188 valence electrons. The summed E-state index contributed by atoms with van der Waals surface area (Å²) in [5.41, 5.74) is 8.12. The molecule has 4 rings (SSSR count). The summed E-state index contributed by atoms with van der Waals surface area (Å²) in [5.74, 6) is 0.441. The van der Waals surface area contributed by atoms with Gasteiger partial charge in [0.2, 0.25) is 0 Å². The Balaban J connectivity index is 1.42. The van der Waals surface area contributed by atoms with Gasteiger partial charge in [0.1, 0.15) is 5.75 Å². The van der Waals surface area contributed by atoms with Crippen molar-refractivity contribution in [3.8, 4) is 16.9 Å². The van der Waals surface area contributed by atoms with Crippen molar-refractivity contribution in [2.24, 2.45) is 0 Å². The molecule has 0 N–H and O–H groups in total. The van der Waals surface area contributed by atoms with Gasteiger partial charge in [-0.05, 0) is 86.3 Å². The average molecular weight is 492 g/mol. The lowest BCUT2D eigenvalue weighted by Crippen LogP contribution is -2.09. The predicted octanol–water partition coefficient (Wildman–Crippen LogP) is 8.33. The lowest BCUT2D eigenvalue weighted by atomic mass is 10.0. The van der Waals surface area contributed by atoms with Gasteiger partial charge in [-0.25, -0.2) is 4.79 Å². The molecule has 0 amide bonds. The first kappa shape index (κ1) is 25.8. The van der Waals surface area contributed by atoms with E-state index in [-0.39, 0.29) is 5.97 Å². The molecule has 0 aromatic heterocycles. The summed E-state index contributed by atoms with van der Waals surface area (Å²) < 4.78 is 10.8. The molecule has 0 aliphatic rings. The van der Waals surface area contributed by atoms with Crippen LogP contribution >= 0.6 is 0 Å². The van der Waals surface area contributed by atoms with Crippen LogP contribution in [0.5, 0.6) is 5.75 Å². The van der Waals surface area contributed by atoms with E-state index in [1.165, 1.54) is 17.2 Å². The van der Waals surface area contributed by atoms with E-state index in [2.05, 4.69) is 110 Å². The van der Waals surface area contributed by atoms with Crippen molar-refractivity contribution < 1.29 is 14.3 Å². The highest BCUT2D eigenvalue weighted by Gasteiger charge is 2.12. The van der Waals surface area contributed by atoms with E-state index in [1.807, 2.05) is 12.1 Å². The number of rotatable bonds is 11. The number of hydrogen-bond acceptors (Lipinski definition) is 4. The Morgan fingerprint density at radius 1 is 0.676 bits per heavy atom. The average Bonchev–Trinajstić information content (AvgIpc) is 2.93. The minimum Gasteiger partial charge on any atom is -0.494 e. The van der Waals surface area contributed by atoms with Crippen molar-refractivity contribution in [3.63, 3.8) is 0 Å². The topological polar surface area (TPSA) is 38.8 Å². The van der Waals surface area contributed by atoms with Gasteiger partial charge in [0.05, 0.1) is 13.2 Å². The van der Waals surface area contributed by atoms with Gasteiger partial charge in [-0.3, -0.25) is 0 Å². The predicted molar refractivity (Wildman–Crippen MR) is 152 cm³/mol. The summed E-state index contributed by atoms with van der Waals surface area (Å²) in [4.78, 5) is 13.3. The first-order valence-electron chi connectivity index (χ1n) is 12.6. The molecule has 0 bridgehead atoms. The van der Waals surface area contributed by atoms with Crippen molar-refractivity contribution >= 4 is 23.0 Å². The summed E-state index contributed by atoms with van der Waals surface area (Å²) in [5, 5.41) is 0. The molecule has 0 fully saturated rings. The highest BCUT2D eigenvalue weighted by Crippen LogP contribution is 2.36. The zero-order valence-corrected chi connectivity index (χ0v) is 21.5. The van der Waals surface area contributed by atoms with Crippen molar-refractivity contribution in [2.75, 3.05) is 18.1 Å². The molecule has 0 saturated heterocycles. The number of unbranched alkanes of at least 4 members (excludes halogenated alkanes) is 1. The van der Waals surface area contributed by atoms with Crippen LogP contribution in [-0.4, -0.2) is 19.2 Å². The van der Waals surface area contributed by atoms with E-state index in [0.717, 1.165) is 46.8 Å². The maximum Gasteiger partial charge on any atom is 0.330 e. The van der Waals surface area contributed by atoms with E-state index >= 15 is 0 Å². The first-order valence-corrected chi connectivity index (χ1v) is 12.6. The molecule has 4 aromatic rings. The minimum atomic E-state index is -0.387. The van der Waals surface area contributed by atoms with Crippen LogP contribution in [0.3, 0.4) is 0 Å². The fraction of sp³-hybridized carbons (Fsp3) is 0.182. The fourth-order valence-corrected chi connectivity index (χ4v) is 4.01. The van der Waals surface area contributed by atoms with Crippen LogP contribution in [0, 0.1) is 13.8 Å². The summed E-state index contributed by atoms with van der Waals surface area (Å²) >= 11 is 0. The van der Waals surface area contributed by atoms with E-state index in [4.69, 9.17) is 9.47 Å². The van der Waals surface area contributed by atoms with E-state index in [9.17, 15) is 4.79 Å². The molecule has 4 nitrogen and oxygen atoms in total. The Bertz CT molecular complexity index is 1250. The monoisotopic (exact) mass is 491 g/mol. The lowest BCUT2D eigenvalue weighted by molar-refractivity contribution is -0.137. The van der Waals surface area contributed by atoms with Gasteiger partial charge in [-0.2, -0.15) is 0 Å². The number of carbonyl (C=O) groups excluding carboxylic acids is 1. The highest BCUT2D eigenvalue weighted by atomic mass is 16.5. The van der Waals surface area contributed by atoms with Crippen molar-refractivity contribution in [1.82, 2.24) is 0 Å². The van der Waals surface area contributed by atoms with E-state index in [0.29, 0.717) is 13.2 Å². The highest BCUT2D eigenvalue weighted by molar-refractivity contribution is 5.81. The second-order valence-electron chi connectivity index (χ2n) is 9.00. The van der Waals surface area contributed by atoms with Crippen LogP contribution in [0.1, 0.15) is 24.0 Å². The smallest absolute Gasteiger partial charge is 0.330 e. The van der Waals surface area contributed by atoms with Crippen molar-refractivity contribution in [3.05, 3.63) is 121 Å². The molecular formula is C33H33NO3. The number of ether oxygens (including phenoxy) is 2. The Hall–Kier alpha value is -4.31. The molecule has 0 aliphatic carbocycles. The van der Waals surface area contributed by atoms with Crippen molar-refractivity contribution in [2.45, 2.75) is 26.7 Å². The number of anilines is 3. The molecule has 37 heavy (non-hydrogen) atoms. The third kappa shape index (κ3) is 7.11. The number of carbonyl (C=O) groups is 1. The number of esters is 1. The SMILES string of the molecule is C=CC(=O)OCCCCOc1ccc(-c2ccc(N(c3ccc(C)cc3)c3ccc(C)cc3)cc2)cc1. The number of benzene rings is 4. The molecule has 4 heteroatoms. The van der Waals surface area contributed by atoms with Gasteiger partial charge in [0, 0.05) is 23.1 Å². The van der Waals surface area contributed by atoms with Gasteiger partial charge < -0.3 is 14.4 Å². The van der Waals surface area contributed by atoms with Gasteiger partial charge in [-0.1, -0.05) is 66.2 Å². The first-order chi connectivity index (χ1) is 18.0. The number of hydrogen-bond donors (Lipinski definition) is 0. The summed E-state index contributed by atoms with van der Waals surface area (Å²) in [6, 6.07) is 34.0. The fourth-order valence-electron chi connectivity index (χ4n) is 4.01. The Kier molecular flexibility index (Phi) is 8.77. The second-order valence-corrected chi connectivity index (χ2v) is 9.00. The van der Waals surface area contributed by atoms with Crippen LogP contribution in [0.25, 0.3) is 11.1 Å². The lowest BCUT2D eigenvalue weighted by Gasteiger charge is -2.26. The molecule has 0 unspecified atom stereocenters. The largest absolute Gasteiger partial charge is 0.494 e. The van der Waals surface area contributed by atoms with Crippen LogP contribution in [0.15, 0.2) is 110 Å². The van der Waals surface area contributed by atoms with Crippen LogP contribution < -0.4 is 9.64 Å². The molecule has 0 aliphatic heterocycles.